The summed E-state index contributed by atoms with van der Waals surface area (Å²) in [5.74, 6) is 2.66. The third-order valence-electron chi connectivity index (χ3n) is 6.61. The van der Waals surface area contributed by atoms with E-state index in [1.807, 2.05) is 49.1 Å². The Morgan fingerprint density at radius 1 is 1.12 bits per heavy atom. The van der Waals surface area contributed by atoms with E-state index in [0.29, 0.717) is 13.1 Å². The Hall–Kier alpha value is -3.19. The van der Waals surface area contributed by atoms with Gasteiger partial charge in [0, 0.05) is 44.1 Å². The molecule has 7 nitrogen and oxygen atoms in total. The van der Waals surface area contributed by atoms with Crippen molar-refractivity contribution in [3.05, 3.63) is 77.4 Å². The van der Waals surface area contributed by atoms with E-state index in [4.69, 9.17) is 4.74 Å². The van der Waals surface area contributed by atoms with Gasteiger partial charge in [0.2, 0.25) is 0 Å². The first-order chi connectivity index (χ1) is 15.5. The number of likely N-dealkylation sites (tertiary alicyclic amines) is 2. The Balaban J connectivity index is 1.26. The zero-order valence-electron chi connectivity index (χ0n) is 18.6. The number of rotatable bonds is 6. The molecule has 1 atom stereocenters. The second-order valence-electron chi connectivity index (χ2n) is 9.20. The van der Waals surface area contributed by atoms with Crippen molar-refractivity contribution in [1.82, 2.24) is 25.0 Å². The lowest BCUT2D eigenvalue weighted by molar-refractivity contribution is -0.145. The topological polar surface area (TPSA) is 74.3 Å². The second-order valence-corrected chi connectivity index (χ2v) is 9.20. The Bertz CT molecular complexity index is 1090. The average molecular weight is 432 g/mol. The number of aromatic amines is 1. The maximum atomic E-state index is 12.8. The lowest BCUT2D eigenvalue weighted by Gasteiger charge is -2.50. The molecule has 2 saturated heterocycles. The van der Waals surface area contributed by atoms with Crippen LogP contribution in [-0.2, 0) is 11.3 Å². The Morgan fingerprint density at radius 2 is 1.94 bits per heavy atom. The van der Waals surface area contributed by atoms with Crippen LogP contribution in [0.5, 0.6) is 5.75 Å². The highest BCUT2D eigenvalue weighted by Gasteiger charge is 2.56. The van der Waals surface area contributed by atoms with E-state index in [2.05, 4.69) is 44.3 Å². The number of nitrogens with one attached hydrogen (secondary N) is 1. The van der Waals surface area contributed by atoms with Gasteiger partial charge in [-0.25, -0.2) is 4.98 Å². The van der Waals surface area contributed by atoms with E-state index in [1.54, 1.807) is 0 Å². The van der Waals surface area contributed by atoms with Crippen LogP contribution in [0.15, 0.2) is 54.6 Å². The van der Waals surface area contributed by atoms with Gasteiger partial charge in [0.25, 0.3) is 5.91 Å². The minimum Gasteiger partial charge on any atom is -0.484 e. The molecular weight excluding hydrogens is 402 g/mol. The average Bonchev–Trinajstić information content (AvgIpc) is 3.35. The van der Waals surface area contributed by atoms with Crippen molar-refractivity contribution in [2.45, 2.75) is 26.3 Å². The third kappa shape index (κ3) is 4.12. The lowest BCUT2D eigenvalue weighted by Crippen LogP contribution is -2.62. The number of benzene rings is 2. The largest absolute Gasteiger partial charge is 0.484 e. The van der Waals surface area contributed by atoms with Gasteiger partial charge in [-0.1, -0.05) is 42.5 Å². The summed E-state index contributed by atoms with van der Waals surface area (Å²) in [7, 11) is 0. The van der Waals surface area contributed by atoms with Gasteiger partial charge in [0.05, 0.1) is 0 Å². The number of aryl methyl sites for hydroxylation is 2. The van der Waals surface area contributed by atoms with Crippen molar-refractivity contribution in [1.29, 1.82) is 0 Å². The molecule has 166 valence electrons. The standard InChI is InChI=1S/C25H29N5O2/c1-18-7-6-10-21(11-18)32-14-23(31)30-16-25(17-30)15-29(12-20-8-4-3-5-9-20)13-22(25)24-26-19(2)27-28-24/h3-11,22H,12-17H2,1-2H3,(H,26,27,28). The van der Waals surface area contributed by atoms with E-state index in [-0.39, 0.29) is 23.8 Å². The van der Waals surface area contributed by atoms with Gasteiger partial charge in [-0.2, -0.15) is 5.10 Å². The molecule has 7 heteroatoms. The molecule has 3 heterocycles. The van der Waals surface area contributed by atoms with Crippen LogP contribution in [0.3, 0.4) is 0 Å². The summed E-state index contributed by atoms with van der Waals surface area (Å²) in [6.45, 7) is 8.17. The highest BCUT2D eigenvalue weighted by Crippen LogP contribution is 2.48. The first kappa shape index (κ1) is 20.7. The maximum absolute atomic E-state index is 12.8. The summed E-state index contributed by atoms with van der Waals surface area (Å²) in [6.07, 6.45) is 0. The monoisotopic (exact) mass is 431 g/mol. The number of hydrogen-bond acceptors (Lipinski definition) is 5. The van der Waals surface area contributed by atoms with Gasteiger partial charge in [0.15, 0.2) is 12.4 Å². The summed E-state index contributed by atoms with van der Waals surface area (Å²) in [5.41, 5.74) is 2.41. The van der Waals surface area contributed by atoms with Gasteiger partial charge < -0.3 is 9.64 Å². The number of hydrogen-bond donors (Lipinski definition) is 1. The van der Waals surface area contributed by atoms with E-state index < -0.39 is 0 Å². The SMILES string of the molecule is Cc1cccc(OCC(=O)N2CC3(CN(Cc4ccccc4)CC3c3n[nH]c(C)n3)C2)c1. The first-order valence-electron chi connectivity index (χ1n) is 11.1. The molecule has 2 fully saturated rings. The third-order valence-corrected chi connectivity index (χ3v) is 6.61. The van der Waals surface area contributed by atoms with Crippen molar-refractivity contribution in [2.24, 2.45) is 5.41 Å². The van der Waals surface area contributed by atoms with Crippen molar-refractivity contribution in [3.8, 4) is 5.75 Å². The van der Waals surface area contributed by atoms with Crippen LogP contribution in [0.1, 0.15) is 28.7 Å². The highest BCUT2D eigenvalue weighted by molar-refractivity contribution is 5.79. The normalized spacial score (nSPS) is 19.8. The number of ether oxygens (including phenoxy) is 1. The Labute approximate surface area is 188 Å². The van der Waals surface area contributed by atoms with Crippen LogP contribution in [0.4, 0.5) is 0 Å². The van der Waals surface area contributed by atoms with E-state index in [1.165, 1.54) is 5.56 Å². The van der Waals surface area contributed by atoms with Crippen molar-refractivity contribution in [3.63, 3.8) is 0 Å². The molecule has 0 saturated carbocycles. The number of H-pyrrole nitrogens is 1. The fourth-order valence-corrected chi connectivity index (χ4v) is 5.06. The van der Waals surface area contributed by atoms with Crippen LogP contribution in [-0.4, -0.2) is 63.7 Å². The smallest absolute Gasteiger partial charge is 0.260 e. The van der Waals surface area contributed by atoms with Gasteiger partial charge in [-0.15, -0.1) is 0 Å². The number of carbonyl (C=O) groups is 1. The Kier molecular flexibility index (Phi) is 5.43. The number of nitrogens with zero attached hydrogens (tertiary/aromatic N) is 4. The molecule has 2 aliphatic heterocycles. The molecule has 0 aliphatic carbocycles. The van der Waals surface area contributed by atoms with Gasteiger partial charge in [-0.05, 0) is 37.1 Å². The molecule has 1 unspecified atom stereocenters. The van der Waals surface area contributed by atoms with Gasteiger partial charge in [0.1, 0.15) is 11.6 Å². The fourth-order valence-electron chi connectivity index (χ4n) is 5.06. The predicted octanol–water partition coefficient (Wildman–Crippen LogP) is 2.93. The zero-order valence-corrected chi connectivity index (χ0v) is 18.6. The summed E-state index contributed by atoms with van der Waals surface area (Å²) >= 11 is 0. The molecule has 0 bridgehead atoms. The molecule has 2 aliphatic rings. The summed E-state index contributed by atoms with van der Waals surface area (Å²) < 4.78 is 5.74. The van der Waals surface area contributed by atoms with Gasteiger partial charge >= 0.3 is 0 Å². The molecule has 1 N–H and O–H groups in total. The molecule has 32 heavy (non-hydrogen) atoms. The number of carbonyl (C=O) groups excluding carboxylic acids is 1. The van der Waals surface area contributed by atoms with Crippen LogP contribution in [0.25, 0.3) is 0 Å². The molecule has 5 rings (SSSR count). The summed E-state index contributed by atoms with van der Waals surface area (Å²) in [6, 6.07) is 18.3. The van der Waals surface area contributed by atoms with E-state index >= 15 is 0 Å². The van der Waals surface area contributed by atoms with Crippen molar-refractivity contribution < 1.29 is 9.53 Å². The molecule has 1 spiro atoms. The van der Waals surface area contributed by atoms with Crippen LogP contribution in [0, 0.1) is 19.3 Å². The molecule has 0 radical (unpaired) electrons. The van der Waals surface area contributed by atoms with Crippen molar-refractivity contribution in [2.75, 3.05) is 32.8 Å². The minimum absolute atomic E-state index is 0.0115. The molecular formula is C25H29N5O2. The molecule has 1 amide bonds. The molecule has 1 aromatic heterocycles. The Morgan fingerprint density at radius 3 is 2.66 bits per heavy atom. The second kappa shape index (κ2) is 8.39. The summed E-state index contributed by atoms with van der Waals surface area (Å²) in [5, 5.41) is 7.47. The lowest BCUT2D eigenvalue weighted by atomic mass is 9.71. The van der Waals surface area contributed by atoms with E-state index in [0.717, 1.165) is 42.6 Å². The zero-order chi connectivity index (χ0) is 22.1. The number of amides is 1. The quantitative estimate of drug-likeness (QED) is 0.650. The van der Waals surface area contributed by atoms with Crippen LogP contribution >= 0.6 is 0 Å². The van der Waals surface area contributed by atoms with Crippen LogP contribution in [0.2, 0.25) is 0 Å². The molecule has 2 aromatic carbocycles. The minimum atomic E-state index is -0.0115. The van der Waals surface area contributed by atoms with Gasteiger partial charge in [-0.3, -0.25) is 14.8 Å². The summed E-state index contributed by atoms with van der Waals surface area (Å²) in [4.78, 5) is 21.8. The van der Waals surface area contributed by atoms with Crippen molar-refractivity contribution >= 4 is 5.91 Å². The highest BCUT2D eigenvalue weighted by atomic mass is 16.5. The van der Waals surface area contributed by atoms with E-state index in [9.17, 15) is 4.79 Å². The predicted molar refractivity (Wildman–Crippen MR) is 121 cm³/mol. The fraction of sp³-hybridized carbons (Fsp3) is 0.400. The first-order valence-corrected chi connectivity index (χ1v) is 11.1. The number of aromatic nitrogens is 3. The molecule has 3 aromatic rings. The maximum Gasteiger partial charge on any atom is 0.260 e. The van der Waals surface area contributed by atoms with Crippen LogP contribution < -0.4 is 4.74 Å².